The molecule has 0 spiro atoms. The fourth-order valence-corrected chi connectivity index (χ4v) is 3.45. The number of carbonyl (C=O) groups is 1. The summed E-state index contributed by atoms with van der Waals surface area (Å²) in [6, 6.07) is 0. The number of aliphatic hydroxyl groups excluding tert-OH is 7. The minimum Gasteiger partial charge on any atom is -0.394 e. The second kappa shape index (κ2) is 9.47. The molecule has 11 atom stereocenters. The van der Waals surface area contributed by atoms with Crippen LogP contribution in [0.25, 0.3) is 0 Å². The topological polar surface area (TPSA) is 196 Å². The number of ketones is 1. The summed E-state index contributed by atoms with van der Waals surface area (Å²) < 4.78 is 20.4. The standard InChI is InChI=1S/C14H23BrO12/c1-3(17)10(27-15)12-6(19)5(18)9(22)14(26-12)25-11-4(2-16)24-13(23)8(21)7(11)20/h4-14,16,18-23H,2H2,1H3/t4-,5+,6+,7-,8-,9-,10?,11-,12+,13-,14-/m1/s1. The van der Waals surface area contributed by atoms with Crippen LogP contribution in [-0.2, 0) is 22.8 Å². The summed E-state index contributed by atoms with van der Waals surface area (Å²) in [5, 5.41) is 68.9. The van der Waals surface area contributed by atoms with Crippen molar-refractivity contribution in [3.8, 4) is 0 Å². The molecule has 0 radical (unpaired) electrons. The molecule has 12 nitrogen and oxygen atoms in total. The Balaban J connectivity index is 2.21. The summed E-state index contributed by atoms with van der Waals surface area (Å²) in [5.74, 6) is -0.564. The Labute approximate surface area is 162 Å². The van der Waals surface area contributed by atoms with Gasteiger partial charge in [0.05, 0.1) is 22.9 Å². The van der Waals surface area contributed by atoms with Gasteiger partial charge in [0.25, 0.3) is 0 Å². The van der Waals surface area contributed by atoms with Gasteiger partial charge in [-0.3, -0.25) is 8.62 Å². The highest BCUT2D eigenvalue weighted by Crippen LogP contribution is 2.30. The maximum absolute atomic E-state index is 11.6. The predicted molar refractivity (Wildman–Crippen MR) is 86.0 cm³/mol. The average Bonchev–Trinajstić information content (AvgIpc) is 2.63. The van der Waals surface area contributed by atoms with Crippen LogP contribution >= 0.6 is 16.3 Å². The highest BCUT2D eigenvalue weighted by molar-refractivity contribution is 9.06. The number of Topliss-reactive ketones (excluding diaryl/α,β-unsaturated/α-hetero) is 1. The lowest BCUT2D eigenvalue weighted by Gasteiger charge is -2.46. The Morgan fingerprint density at radius 3 is 2.15 bits per heavy atom. The van der Waals surface area contributed by atoms with E-state index in [1.165, 1.54) is 0 Å². The molecular formula is C14H23BrO12. The number of carbonyl (C=O) groups excluding carboxylic acids is 1. The van der Waals surface area contributed by atoms with Crippen molar-refractivity contribution in [3.63, 3.8) is 0 Å². The number of ether oxygens (including phenoxy) is 3. The molecule has 0 aliphatic carbocycles. The Morgan fingerprint density at radius 2 is 1.63 bits per heavy atom. The van der Waals surface area contributed by atoms with Crippen LogP contribution in [0.1, 0.15) is 6.92 Å². The van der Waals surface area contributed by atoms with Crippen LogP contribution in [0.3, 0.4) is 0 Å². The normalized spacial score (nSPS) is 46.9. The van der Waals surface area contributed by atoms with Crippen molar-refractivity contribution in [2.45, 2.75) is 74.4 Å². The lowest BCUT2D eigenvalue weighted by atomic mass is 9.93. The van der Waals surface area contributed by atoms with Gasteiger partial charge in [-0.2, -0.15) is 0 Å². The monoisotopic (exact) mass is 462 g/mol. The fraction of sp³-hybridized carbons (Fsp3) is 0.929. The van der Waals surface area contributed by atoms with E-state index in [9.17, 15) is 40.5 Å². The second-order valence-electron chi connectivity index (χ2n) is 6.39. The van der Waals surface area contributed by atoms with E-state index >= 15 is 0 Å². The first kappa shape index (κ1) is 23.0. The first-order valence-corrected chi connectivity index (χ1v) is 8.72. The first-order chi connectivity index (χ1) is 12.6. The molecule has 2 aliphatic rings. The van der Waals surface area contributed by atoms with Crippen molar-refractivity contribution in [1.82, 2.24) is 0 Å². The molecule has 13 heteroatoms. The largest absolute Gasteiger partial charge is 0.394 e. The zero-order chi connectivity index (χ0) is 20.5. The molecule has 158 valence electrons. The van der Waals surface area contributed by atoms with Crippen molar-refractivity contribution < 1.29 is 58.6 Å². The molecule has 0 aromatic rings. The van der Waals surface area contributed by atoms with Crippen molar-refractivity contribution in [2.24, 2.45) is 0 Å². The van der Waals surface area contributed by atoms with Crippen LogP contribution in [0.4, 0.5) is 0 Å². The molecule has 0 amide bonds. The highest BCUT2D eigenvalue weighted by Gasteiger charge is 2.52. The third-order valence-corrected chi connectivity index (χ3v) is 4.93. The van der Waals surface area contributed by atoms with Gasteiger partial charge in [0.1, 0.15) is 48.8 Å². The summed E-state index contributed by atoms with van der Waals surface area (Å²) >= 11 is 2.63. The number of rotatable bonds is 6. The van der Waals surface area contributed by atoms with E-state index < -0.39 is 79.9 Å². The molecule has 7 N–H and O–H groups in total. The Hall–Kier alpha value is -0.290. The van der Waals surface area contributed by atoms with Crippen molar-refractivity contribution in [1.29, 1.82) is 0 Å². The van der Waals surface area contributed by atoms with Gasteiger partial charge in [-0.05, 0) is 6.92 Å². The van der Waals surface area contributed by atoms with E-state index in [-0.39, 0.29) is 0 Å². The zero-order valence-corrected chi connectivity index (χ0v) is 15.7. The molecule has 2 rings (SSSR count). The van der Waals surface area contributed by atoms with Crippen LogP contribution in [0, 0.1) is 0 Å². The molecule has 27 heavy (non-hydrogen) atoms. The minimum atomic E-state index is -1.81. The third kappa shape index (κ3) is 4.66. The Bertz CT molecular complexity index is 506. The van der Waals surface area contributed by atoms with Gasteiger partial charge in [0.15, 0.2) is 24.5 Å². The number of hydrogen-bond donors (Lipinski definition) is 7. The number of halogens is 1. The summed E-state index contributed by atoms with van der Waals surface area (Å²) in [4.78, 5) is 11.6. The molecule has 0 bridgehead atoms. The minimum absolute atomic E-state index is 0.564. The van der Waals surface area contributed by atoms with Crippen LogP contribution in [0.15, 0.2) is 0 Å². The van der Waals surface area contributed by atoms with E-state index in [1.54, 1.807) is 0 Å². The number of aliphatic hydroxyl groups is 7. The van der Waals surface area contributed by atoms with E-state index in [1.807, 2.05) is 0 Å². The Kier molecular flexibility index (Phi) is 8.07. The lowest BCUT2D eigenvalue weighted by molar-refractivity contribution is -0.356. The Morgan fingerprint density at radius 1 is 1.00 bits per heavy atom. The molecule has 2 saturated heterocycles. The number of hydrogen-bond acceptors (Lipinski definition) is 12. The fourth-order valence-electron chi connectivity index (χ4n) is 2.97. The summed E-state index contributed by atoms with van der Waals surface area (Å²) in [6.45, 7) is 0.428. The molecule has 2 heterocycles. The van der Waals surface area contributed by atoms with Crippen LogP contribution in [-0.4, -0.2) is 116 Å². The zero-order valence-electron chi connectivity index (χ0n) is 14.1. The SMILES string of the molecule is CC(=O)C(OBr)[C@H]1O[C@@H](O[C@H]2[C@H](O)[C@@H](O)[C@H](O)O[C@@H]2CO)[C@H](O)[C@@H](O)[C@@H]1O. The summed E-state index contributed by atoms with van der Waals surface area (Å²) in [7, 11) is 0. The van der Waals surface area contributed by atoms with Gasteiger partial charge < -0.3 is 50.0 Å². The maximum atomic E-state index is 11.6. The molecule has 1 unspecified atom stereocenters. The van der Waals surface area contributed by atoms with Gasteiger partial charge in [0, 0.05) is 0 Å². The van der Waals surface area contributed by atoms with E-state index in [0.29, 0.717) is 0 Å². The van der Waals surface area contributed by atoms with E-state index in [4.69, 9.17) is 18.0 Å². The highest BCUT2D eigenvalue weighted by atomic mass is 79.9. The summed E-state index contributed by atoms with van der Waals surface area (Å²) in [5.41, 5.74) is 0. The molecule has 0 aromatic heterocycles. The third-order valence-electron chi connectivity index (χ3n) is 4.53. The quantitative estimate of drug-likeness (QED) is 0.201. The molecule has 2 fully saturated rings. The van der Waals surface area contributed by atoms with Gasteiger partial charge in [-0.1, -0.05) is 0 Å². The average molecular weight is 463 g/mol. The summed E-state index contributed by atoms with van der Waals surface area (Å²) in [6.07, 6.45) is -17.9. The van der Waals surface area contributed by atoms with Crippen molar-refractivity contribution in [3.05, 3.63) is 0 Å². The first-order valence-electron chi connectivity index (χ1n) is 8.07. The van der Waals surface area contributed by atoms with Crippen molar-refractivity contribution >= 4 is 22.0 Å². The molecule has 2 aliphatic heterocycles. The van der Waals surface area contributed by atoms with Gasteiger partial charge in [-0.25, -0.2) is 0 Å². The lowest BCUT2D eigenvalue weighted by Crippen LogP contribution is -2.65. The maximum Gasteiger partial charge on any atom is 0.187 e. The molecule has 0 aromatic carbocycles. The van der Waals surface area contributed by atoms with Crippen LogP contribution in [0.2, 0.25) is 0 Å². The van der Waals surface area contributed by atoms with E-state index in [0.717, 1.165) is 6.92 Å². The van der Waals surface area contributed by atoms with Gasteiger partial charge in [0.2, 0.25) is 0 Å². The van der Waals surface area contributed by atoms with Crippen molar-refractivity contribution in [2.75, 3.05) is 6.61 Å². The van der Waals surface area contributed by atoms with E-state index in [2.05, 4.69) is 16.3 Å². The smallest absolute Gasteiger partial charge is 0.187 e. The van der Waals surface area contributed by atoms with Gasteiger partial charge >= 0.3 is 0 Å². The van der Waals surface area contributed by atoms with Gasteiger partial charge in [-0.15, -0.1) is 0 Å². The molecule has 0 saturated carbocycles. The van der Waals surface area contributed by atoms with Crippen LogP contribution in [0.5, 0.6) is 0 Å². The molecular weight excluding hydrogens is 440 g/mol. The second-order valence-corrected chi connectivity index (χ2v) is 6.76. The van der Waals surface area contributed by atoms with Crippen LogP contribution < -0.4 is 0 Å². The predicted octanol–water partition coefficient (Wildman–Crippen LogP) is -4.11.